The topological polar surface area (TPSA) is 102 Å². The molecule has 3 fully saturated rings. The van der Waals surface area contributed by atoms with Crippen LogP contribution in [0.5, 0.6) is 0 Å². The number of pyridine rings is 1. The van der Waals surface area contributed by atoms with Crippen molar-refractivity contribution in [1.82, 2.24) is 29.8 Å². The summed E-state index contributed by atoms with van der Waals surface area (Å²) in [7, 11) is 2.00. The van der Waals surface area contributed by atoms with Gasteiger partial charge in [-0.15, -0.1) is 0 Å². The number of halogens is 3. The fraction of sp³-hybridized carbons (Fsp3) is 0.342. The second-order valence-corrected chi connectivity index (χ2v) is 13.7. The van der Waals surface area contributed by atoms with Gasteiger partial charge in [-0.1, -0.05) is 18.2 Å². The number of urea groups is 1. The number of benzene rings is 2. The van der Waals surface area contributed by atoms with Crippen LogP contribution in [0, 0.1) is 17.5 Å². The largest absolute Gasteiger partial charge is 0.356 e. The first kappa shape index (κ1) is 33.6. The zero-order valence-electron chi connectivity index (χ0n) is 28.7. The molecule has 0 radical (unpaired) electrons. The van der Waals surface area contributed by atoms with E-state index in [-0.39, 0.29) is 36.8 Å². The highest BCUT2D eigenvalue weighted by Crippen LogP contribution is 2.37. The number of hydrogen-bond donors (Lipinski definition) is 1. The third kappa shape index (κ3) is 6.54. The van der Waals surface area contributed by atoms with Crippen LogP contribution in [0.25, 0.3) is 16.9 Å². The Morgan fingerprint density at radius 2 is 1.73 bits per heavy atom. The number of nitrogens with one attached hydrogen (secondary N) is 1. The van der Waals surface area contributed by atoms with E-state index in [9.17, 15) is 18.4 Å². The summed E-state index contributed by atoms with van der Waals surface area (Å²) in [4.78, 5) is 41.6. The maximum absolute atomic E-state index is 15.2. The Hall–Kier alpha value is -5.50. The first-order chi connectivity index (χ1) is 25.2. The van der Waals surface area contributed by atoms with Crippen LogP contribution in [0.4, 0.5) is 35.3 Å². The van der Waals surface area contributed by atoms with Crippen molar-refractivity contribution in [2.75, 3.05) is 47.9 Å². The SMILES string of the molecule is CN(Cc1ccc(N2CCC(=O)NC2=O)cc1F)C1CCN(c2cccc(-c3cnn4ccc(N5CCC[C@@H]5c5ccc(F)cc5F)nc34)n2)CC1. The van der Waals surface area contributed by atoms with Gasteiger partial charge in [0.15, 0.2) is 5.65 Å². The van der Waals surface area contributed by atoms with Crippen LogP contribution in [0.2, 0.25) is 0 Å². The molecule has 3 saturated heterocycles. The van der Waals surface area contributed by atoms with Gasteiger partial charge in [0.2, 0.25) is 5.91 Å². The molecule has 6 heterocycles. The summed E-state index contributed by atoms with van der Waals surface area (Å²) >= 11 is 0. The second-order valence-electron chi connectivity index (χ2n) is 13.7. The van der Waals surface area contributed by atoms with Crippen LogP contribution in [-0.2, 0) is 11.3 Å². The predicted octanol–water partition coefficient (Wildman–Crippen LogP) is 6.10. The van der Waals surface area contributed by atoms with Crippen molar-refractivity contribution in [2.24, 2.45) is 0 Å². The summed E-state index contributed by atoms with van der Waals surface area (Å²) in [5.41, 5.74) is 3.60. The van der Waals surface area contributed by atoms with Crippen LogP contribution in [0.3, 0.4) is 0 Å². The molecule has 11 nitrogen and oxygen atoms in total. The monoisotopic (exact) mass is 709 g/mol. The molecule has 3 amide bonds. The Morgan fingerprint density at radius 1 is 0.885 bits per heavy atom. The lowest BCUT2D eigenvalue weighted by molar-refractivity contribution is -0.120. The van der Waals surface area contributed by atoms with E-state index in [0.29, 0.717) is 41.4 Å². The Labute approximate surface area is 298 Å². The quantitative estimate of drug-likeness (QED) is 0.207. The van der Waals surface area contributed by atoms with Gasteiger partial charge in [-0.3, -0.25) is 19.9 Å². The summed E-state index contributed by atoms with van der Waals surface area (Å²) in [5.74, 6) is -0.306. The van der Waals surface area contributed by atoms with Crippen molar-refractivity contribution < 1.29 is 22.8 Å². The number of aromatic nitrogens is 4. The standard InChI is InChI=1S/C38H38F3N9O2/c1-46(23-24-7-9-27(21-30(24)40)48-18-14-36(51)45-38(48)52)26-11-16-47(17-12-26)34-6-2-4-32(43-34)29-22-42-50-19-13-35(44-37(29)50)49-15-3-5-33(49)28-10-8-25(39)20-31(28)41/h2,4,6-10,13,19-22,26,33H,3,5,11-12,14-18,23H2,1H3,(H,45,51,52)/t33-/m1/s1. The molecule has 1 N–H and O–H groups in total. The maximum Gasteiger partial charge on any atom is 0.328 e. The predicted molar refractivity (Wildman–Crippen MR) is 191 cm³/mol. The molecule has 0 spiro atoms. The van der Waals surface area contributed by atoms with E-state index in [1.807, 2.05) is 37.5 Å². The van der Waals surface area contributed by atoms with Crippen molar-refractivity contribution in [1.29, 1.82) is 0 Å². The van der Waals surface area contributed by atoms with Crippen molar-refractivity contribution in [3.8, 4) is 11.3 Å². The molecule has 3 aliphatic heterocycles. The molecule has 268 valence electrons. The van der Waals surface area contributed by atoms with E-state index in [1.165, 1.54) is 23.1 Å². The van der Waals surface area contributed by atoms with Crippen molar-refractivity contribution in [3.05, 3.63) is 102 Å². The lowest BCUT2D eigenvalue weighted by atomic mass is 10.0. The number of anilines is 3. The fourth-order valence-corrected chi connectivity index (χ4v) is 7.66. The van der Waals surface area contributed by atoms with Crippen LogP contribution in [-0.4, -0.2) is 75.7 Å². The molecule has 5 aromatic rings. The fourth-order valence-electron chi connectivity index (χ4n) is 7.66. The van der Waals surface area contributed by atoms with Gasteiger partial charge in [-0.25, -0.2) is 32.4 Å². The summed E-state index contributed by atoms with van der Waals surface area (Å²) in [6.45, 7) is 2.92. The average molecular weight is 710 g/mol. The molecule has 0 bridgehead atoms. The lowest BCUT2D eigenvalue weighted by Crippen LogP contribution is -2.49. The first-order valence-corrected chi connectivity index (χ1v) is 17.6. The summed E-state index contributed by atoms with van der Waals surface area (Å²) in [6, 6.07) is 15.8. The van der Waals surface area contributed by atoms with Gasteiger partial charge in [0, 0.05) is 74.3 Å². The molecule has 0 saturated carbocycles. The van der Waals surface area contributed by atoms with Crippen LogP contribution < -0.4 is 20.0 Å². The Balaban J connectivity index is 0.932. The summed E-state index contributed by atoms with van der Waals surface area (Å²) in [6.07, 6.45) is 7.14. The lowest BCUT2D eigenvalue weighted by Gasteiger charge is -2.37. The number of piperidine rings is 1. The molecule has 3 aromatic heterocycles. The van der Waals surface area contributed by atoms with Gasteiger partial charge in [0.05, 0.1) is 23.5 Å². The molecule has 3 aliphatic rings. The first-order valence-electron chi connectivity index (χ1n) is 17.6. The highest BCUT2D eigenvalue weighted by molar-refractivity contribution is 6.05. The molecular formula is C38H38F3N9O2. The molecule has 2 aromatic carbocycles. The normalized spacial score (nSPS) is 18.6. The summed E-state index contributed by atoms with van der Waals surface area (Å²) < 4.78 is 45.3. The van der Waals surface area contributed by atoms with Gasteiger partial charge < -0.3 is 9.80 Å². The number of amides is 3. The zero-order chi connectivity index (χ0) is 35.9. The van der Waals surface area contributed by atoms with Crippen molar-refractivity contribution in [2.45, 2.75) is 50.7 Å². The number of fused-ring (bicyclic) bond motifs is 1. The number of carbonyl (C=O) groups is 2. The Kier molecular flexibility index (Phi) is 8.99. The van der Waals surface area contributed by atoms with Crippen molar-refractivity contribution >= 4 is 34.9 Å². The molecule has 52 heavy (non-hydrogen) atoms. The van der Waals surface area contributed by atoms with Crippen LogP contribution in [0.1, 0.15) is 49.3 Å². The Bertz CT molecular complexity index is 2150. The number of hydrogen-bond acceptors (Lipinski definition) is 8. The highest BCUT2D eigenvalue weighted by Gasteiger charge is 2.31. The molecular weight excluding hydrogens is 671 g/mol. The number of rotatable bonds is 8. The van der Waals surface area contributed by atoms with E-state index in [2.05, 4.69) is 25.1 Å². The third-order valence-corrected chi connectivity index (χ3v) is 10.5. The minimum atomic E-state index is -0.594. The number of carbonyl (C=O) groups excluding carboxylic acids is 2. The maximum atomic E-state index is 15.2. The number of imide groups is 1. The molecule has 14 heteroatoms. The van der Waals surface area contributed by atoms with Crippen LogP contribution in [0.15, 0.2) is 73.1 Å². The molecule has 0 unspecified atom stereocenters. The van der Waals surface area contributed by atoms with E-state index in [0.717, 1.165) is 61.9 Å². The molecule has 0 aliphatic carbocycles. The average Bonchev–Trinajstić information content (AvgIpc) is 3.80. The Morgan fingerprint density at radius 3 is 2.52 bits per heavy atom. The molecule has 8 rings (SSSR count). The van der Waals surface area contributed by atoms with Crippen LogP contribution >= 0.6 is 0 Å². The number of nitrogens with zero attached hydrogens (tertiary/aromatic N) is 8. The van der Waals surface area contributed by atoms with E-state index in [1.54, 1.807) is 22.8 Å². The second kappa shape index (κ2) is 13.9. The third-order valence-electron chi connectivity index (χ3n) is 10.5. The highest BCUT2D eigenvalue weighted by atomic mass is 19.1. The zero-order valence-corrected chi connectivity index (χ0v) is 28.7. The van der Waals surface area contributed by atoms with Gasteiger partial charge in [0.25, 0.3) is 0 Å². The van der Waals surface area contributed by atoms with Crippen molar-refractivity contribution in [3.63, 3.8) is 0 Å². The van der Waals surface area contributed by atoms with Gasteiger partial charge in [-0.2, -0.15) is 5.10 Å². The van der Waals surface area contributed by atoms with Gasteiger partial charge in [0.1, 0.15) is 29.1 Å². The minimum Gasteiger partial charge on any atom is -0.356 e. The smallest absolute Gasteiger partial charge is 0.328 e. The van der Waals surface area contributed by atoms with E-state index in [4.69, 9.17) is 9.97 Å². The molecule has 1 atom stereocenters. The summed E-state index contributed by atoms with van der Waals surface area (Å²) in [5, 5.41) is 6.80. The van der Waals surface area contributed by atoms with E-state index < -0.39 is 17.7 Å². The minimum absolute atomic E-state index is 0.180. The van der Waals surface area contributed by atoms with Gasteiger partial charge in [-0.05, 0) is 69.1 Å². The van der Waals surface area contributed by atoms with Gasteiger partial charge >= 0.3 is 6.03 Å². The van der Waals surface area contributed by atoms with E-state index >= 15 is 4.39 Å².